The molecule has 1 atom stereocenters. The van der Waals surface area contributed by atoms with E-state index in [0.29, 0.717) is 0 Å². The summed E-state index contributed by atoms with van der Waals surface area (Å²) in [4.78, 5) is 0. The van der Waals surface area contributed by atoms with Crippen LogP contribution in [0.5, 0.6) is 0 Å². The zero-order chi connectivity index (χ0) is 15.8. The summed E-state index contributed by atoms with van der Waals surface area (Å²) in [5.74, 6) is 2.88. The molecule has 0 aliphatic rings. The van der Waals surface area contributed by atoms with Crippen LogP contribution in [0.25, 0.3) is 0 Å². The first-order valence-electron chi connectivity index (χ1n) is 9.55. The van der Waals surface area contributed by atoms with E-state index < -0.39 is 0 Å². The summed E-state index contributed by atoms with van der Waals surface area (Å²) in [5.41, 5.74) is 0. The second-order valence-electron chi connectivity index (χ2n) is 6.74. The average Bonchev–Trinajstić information content (AvgIpc) is 2.47. The fourth-order valence-corrected chi connectivity index (χ4v) is 4.77. The largest absolute Gasteiger partial charge is 0.190 e. The first kappa shape index (κ1) is 22.1. The van der Waals surface area contributed by atoms with Crippen LogP contribution >= 0.6 is 28.4 Å². The number of rotatable bonds is 16. The van der Waals surface area contributed by atoms with E-state index in [2.05, 4.69) is 41.3 Å². The van der Waals surface area contributed by atoms with Gasteiger partial charge in [-0.25, -0.2) is 0 Å². The molecule has 0 radical (unpaired) electrons. The smallest absolute Gasteiger partial charge is 0.0146 e. The highest BCUT2D eigenvalue weighted by molar-refractivity contribution is 14.2. The highest BCUT2D eigenvalue weighted by Gasteiger charge is 2.09. The van der Waals surface area contributed by atoms with E-state index in [0.717, 1.165) is 0 Å². The number of hydrogen-bond donors (Lipinski definition) is 0. The highest BCUT2D eigenvalue weighted by Crippen LogP contribution is 2.52. The van der Waals surface area contributed by atoms with Crippen molar-refractivity contribution in [2.45, 2.75) is 104 Å². The average molecular weight is 429 g/mol. The van der Waals surface area contributed by atoms with Gasteiger partial charge < -0.3 is 0 Å². The van der Waals surface area contributed by atoms with Crippen LogP contribution in [-0.2, 0) is 0 Å². The molecule has 0 spiro atoms. The molecule has 2 heteroatoms. The lowest BCUT2D eigenvalue weighted by Crippen LogP contribution is -1.97. The molecule has 0 aromatic heterocycles. The molecule has 0 N–H and O–H groups in total. The Bertz CT molecular complexity index is 204. The number of halogens is 1. The Morgan fingerprint density at radius 2 is 0.905 bits per heavy atom. The topological polar surface area (TPSA) is 0 Å². The van der Waals surface area contributed by atoms with Gasteiger partial charge in [-0.2, -0.15) is 7.20 Å². The molecule has 130 valence electrons. The van der Waals surface area contributed by atoms with Gasteiger partial charge in [-0.15, -0.1) is 0 Å². The first-order valence-corrected chi connectivity index (χ1v) is 14.5. The summed E-state index contributed by atoms with van der Waals surface area (Å²) in [5, 5.41) is 0. The van der Waals surface area contributed by atoms with E-state index in [1.807, 2.05) is 0 Å². The molecule has 0 bridgehead atoms. The van der Waals surface area contributed by atoms with Crippen molar-refractivity contribution in [2.24, 2.45) is 0 Å². The third kappa shape index (κ3) is 17.3. The summed E-state index contributed by atoms with van der Waals surface area (Å²) in [6.45, 7) is 4.65. The lowest BCUT2D eigenvalue weighted by atomic mass is 10.0. The Morgan fingerprint density at radius 1 is 0.571 bits per heavy atom. The Labute approximate surface area is 149 Å². The lowest BCUT2D eigenvalue weighted by Gasteiger charge is -2.26. The summed E-state index contributed by atoms with van der Waals surface area (Å²) < 4.78 is 0. The summed E-state index contributed by atoms with van der Waals surface area (Å²) in [6.07, 6.45) is 23.0. The van der Waals surface area contributed by atoms with Crippen molar-refractivity contribution in [1.82, 2.24) is 0 Å². The Hall–Kier alpha value is 1.08. The Kier molecular flexibility index (Phi) is 16.8. The summed E-state index contributed by atoms with van der Waals surface area (Å²) >= 11 is 2.72. The molecule has 0 fully saturated rings. The van der Waals surface area contributed by atoms with Gasteiger partial charge in [0.15, 0.2) is 0 Å². The second-order valence-corrected chi connectivity index (χ2v) is 16.4. The molecule has 0 rings (SSSR count). The summed E-state index contributed by atoms with van der Waals surface area (Å²) in [7, 11) is -0.266. The molecule has 0 aliphatic carbocycles. The SMILES string of the molecule is CCCCCCCCCCCCCCCCS(C)(I)CC. The van der Waals surface area contributed by atoms with E-state index in [4.69, 9.17) is 0 Å². The molecule has 0 nitrogen and oxygen atoms in total. The van der Waals surface area contributed by atoms with Crippen LogP contribution in [0.15, 0.2) is 0 Å². The molecule has 0 aromatic carbocycles. The fourth-order valence-electron chi connectivity index (χ4n) is 2.74. The molecule has 0 amide bonds. The van der Waals surface area contributed by atoms with Crippen LogP contribution < -0.4 is 0 Å². The zero-order valence-electron chi connectivity index (χ0n) is 15.1. The van der Waals surface area contributed by atoms with Gasteiger partial charge in [0, 0.05) is 0 Å². The van der Waals surface area contributed by atoms with E-state index in [1.165, 1.54) is 101 Å². The van der Waals surface area contributed by atoms with Crippen molar-refractivity contribution in [3.63, 3.8) is 0 Å². The predicted octanol–water partition coefficient (Wildman–Crippen LogP) is 8.27. The molecule has 0 aromatic rings. The van der Waals surface area contributed by atoms with E-state index in [9.17, 15) is 0 Å². The van der Waals surface area contributed by atoms with Crippen LogP contribution in [0.1, 0.15) is 104 Å². The van der Waals surface area contributed by atoms with Crippen LogP contribution in [0.2, 0.25) is 0 Å². The van der Waals surface area contributed by atoms with Crippen LogP contribution in [0.3, 0.4) is 0 Å². The predicted molar refractivity (Wildman–Crippen MR) is 113 cm³/mol. The molecule has 0 heterocycles. The molecule has 21 heavy (non-hydrogen) atoms. The van der Waals surface area contributed by atoms with Gasteiger partial charge in [0.2, 0.25) is 0 Å². The monoisotopic (exact) mass is 428 g/mol. The first-order chi connectivity index (χ1) is 10.1. The Balaban J connectivity index is 3.06. The molecule has 0 aliphatic heterocycles. The maximum absolute atomic E-state index is 2.72. The minimum Gasteiger partial charge on any atom is -0.190 e. The van der Waals surface area contributed by atoms with Gasteiger partial charge in [-0.3, -0.25) is 0 Å². The van der Waals surface area contributed by atoms with Gasteiger partial charge in [-0.05, 0) is 45.4 Å². The fraction of sp³-hybridized carbons (Fsp3) is 1.00. The van der Waals surface area contributed by atoms with E-state index in [-0.39, 0.29) is 7.20 Å². The van der Waals surface area contributed by atoms with Crippen molar-refractivity contribution >= 4 is 28.4 Å². The van der Waals surface area contributed by atoms with Gasteiger partial charge in [0.1, 0.15) is 0 Å². The van der Waals surface area contributed by atoms with E-state index >= 15 is 0 Å². The van der Waals surface area contributed by atoms with Crippen molar-refractivity contribution in [2.75, 3.05) is 17.8 Å². The van der Waals surface area contributed by atoms with Gasteiger partial charge in [0.05, 0.1) is 0 Å². The quantitative estimate of drug-likeness (QED) is 0.171. The minimum absolute atomic E-state index is 0.266. The van der Waals surface area contributed by atoms with Crippen molar-refractivity contribution < 1.29 is 0 Å². The Morgan fingerprint density at radius 3 is 1.24 bits per heavy atom. The second kappa shape index (κ2) is 16.0. The zero-order valence-corrected chi connectivity index (χ0v) is 18.1. The molecular weight excluding hydrogens is 387 g/mol. The van der Waals surface area contributed by atoms with Gasteiger partial charge in [-0.1, -0.05) is 97.3 Å². The van der Waals surface area contributed by atoms with Crippen LogP contribution in [-0.4, -0.2) is 17.8 Å². The minimum atomic E-state index is -0.266. The van der Waals surface area contributed by atoms with Crippen molar-refractivity contribution in [1.29, 1.82) is 0 Å². The summed E-state index contributed by atoms with van der Waals surface area (Å²) in [6, 6.07) is 0. The third-order valence-corrected chi connectivity index (χ3v) is 10.1. The number of unbranched alkanes of at least 4 members (excludes halogenated alkanes) is 13. The van der Waals surface area contributed by atoms with Crippen LogP contribution in [0.4, 0.5) is 0 Å². The molecule has 0 saturated carbocycles. The van der Waals surface area contributed by atoms with Crippen molar-refractivity contribution in [3.8, 4) is 0 Å². The standard InChI is InChI=1S/C19H41IS/c1-4-6-7-8-9-10-11-12-13-14-15-16-17-18-19-21(3,20)5-2/h4-19H2,1-3H3. The maximum Gasteiger partial charge on any atom is -0.0146 e. The van der Waals surface area contributed by atoms with Gasteiger partial charge >= 0.3 is 0 Å². The third-order valence-electron chi connectivity index (χ3n) is 4.53. The van der Waals surface area contributed by atoms with E-state index in [1.54, 1.807) is 0 Å². The normalized spacial score (nSPS) is 15.8. The van der Waals surface area contributed by atoms with Crippen LogP contribution in [0, 0.1) is 0 Å². The highest BCUT2D eigenvalue weighted by atomic mass is 127. The molecular formula is C19H41IS. The maximum atomic E-state index is 2.72. The number of hydrogen-bond acceptors (Lipinski definition) is 0. The molecule has 1 unspecified atom stereocenters. The van der Waals surface area contributed by atoms with Crippen molar-refractivity contribution in [3.05, 3.63) is 0 Å². The van der Waals surface area contributed by atoms with Gasteiger partial charge in [0.25, 0.3) is 0 Å². The molecule has 0 saturated heterocycles. The lowest BCUT2D eigenvalue weighted by molar-refractivity contribution is 0.538.